The van der Waals surface area contributed by atoms with E-state index in [1.165, 1.54) is 0 Å². The van der Waals surface area contributed by atoms with Gasteiger partial charge < -0.3 is 9.84 Å². The Morgan fingerprint density at radius 2 is 2.29 bits per heavy atom. The number of rotatable bonds is 5. The van der Waals surface area contributed by atoms with Crippen LogP contribution in [0.15, 0.2) is 23.0 Å². The summed E-state index contributed by atoms with van der Waals surface area (Å²) in [6.45, 7) is 7.68. The van der Waals surface area contributed by atoms with E-state index in [0.29, 0.717) is 6.04 Å². The molecule has 0 fully saturated rings. The Bertz CT molecular complexity index is 441. The summed E-state index contributed by atoms with van der Waals surface area (Å²) in [7, 11) is 0. The van der Waals surface area contributed by atoms with Crippen molar-refractivity contribution in [3.63, 3.8) is 0 Å². The van der Waals surface area contributed by atoms with Crippen molar-refractivity contribution in [1.29, 1.82) is 0 Å². The molecule has 1 atom stereocenters. The molecule has 17 heavy (non-hydrogen) atoms. The van der Waals surface area contributed by atoms with Gasteiger partial charge in [0, 0.05) is 30.5 Å². The SMILES string of the molecule is Cc1noc(C)c1CN[C@H](C)Cn1cccn1. The minimum Gasteiger partial charge on any atom is -0.361 e. The first-order valence-electron chi connectivity index (χ1n) is 5.79. The molecular formula is C12H18N4O. The van der Waals surface area contributed by atoms with Crippen molar-refractivity contribution in [2.45, 2.75) is 39.9 Å². The van der Waals surface area contributed by atoms with Gasteiger partial charge in [0.05, 0.1) is 12.2 Å². The lowest BCUT2D eigenvalue weighted by molar-refractivity contribution is 0.390. The zero-order valence-electron chi connectivity index (χ0n) is 10.5. The maximum absolute atomic E-state index is 5.13. The Hall–Kier alpha value is -1.62. The average Bonchev–Trinajstić information content (AvgIpc) is 2.88. The summed E-state index contributed by atoms with van der Waals surface area (Å²) in [6, 6.07) is 2.28. The number of aromatic nitrogens is 3. The van der Waals surface area contributed by atoms with Gasteiger partial charge in [-0.3, -0.25) is 4.68 Å². The molecule has 5 nitrogen and oxygen atoms in total. The summed E-state index contributed by atoms with van der Waals surface area (Å²) in [4.78, 5) is 0. The number of nitrogens with one attached hydrogen (secondary N) is 1. The molecule has 0 amide bonds. The molecular weight excluding hydrogens is 216 g/mol. The standard InChI is InChI=1S/C12H18N4O/c1-9(8-16-6-4-5-14-16)13-7-12-10(2)15-17-11(12)3/h4-6,9,13H,7-8H2,1-3H3/t9-/m1/s1. The van der Waals surface area contributed by atoms with Crippen molar-refractivity contribution in [1.82, 2.24) is 20.3 Å². The van der Waals surface area contributed by atoms with Gasteiger partial charge >= 0.3 is 0 Å². The van der Waals surface area contributed by atoms with Gasteiger partial charge in [0.25, 0.3) is 0 Å². The van der Waals surface area contributed by atoms with E-state index in [1.54, 1.807) is 6.20 Å². The zero-order valence-corrected chi connectivity index (χ0v) is 10.5. The first-order valence-corrected chi connectivity index (χ1v) is 5.79. The van der Waals surface area contributed by atoms with Gasteiger partial charge in [0.2, 0.25) is 0 Å². The molecule has 2 heterocycles. The van der Waals surface area contributed by atoms with Gasteiger partial charge in [0.1, 0.15) is 5.76 Å². The number of aryl methyl sites for hydroxylation is 2. The Morgan fingerprint density at radius 3 is 2.88 bits per heavy atom. The van der Waals surface area contributed by atoms with Crippen molar-refractivity contribution in [3.8, 4) is 0 Å². The highest BCUT2D eigenvalue weighted by Gasteiger charge is 2.10. The highest BCUT2D eigenvalue weighted by molar-refractivity contribution is 5.20. The Morgan fingerprint density at radius 1 is 1.47 bits per heavy atom. The second-order valence-corrected chi connectivity index (χ2v) is 4.31. The van der Waals surface area contributed by atoms with Gasteiger partial charge in [-0.2, -0.15) is 5.10 Å². The van der Waals surface area contributed by atoms with Crippen LogP contribution in [-0.2, 0) is 13.1 Å². The molecule has 5 heteroatoms. The summed E-state index contributed by atoms with van der Waals surface area (Å²) < 4.78 is 7.05. The Labute approximate surface area is 101 Å². The summed E-state index contributed by atoms with van der Waals surface area (Å²) >= 11 is 0. The van der Waals surface area contributed by atoms with Crippen LogP contribution in [0.3, 0.4) is 0 Å². The average molecular weight is 234 g/mol. The largest absolute Gasteiger partial charge is 0.361 e. The van der Waals surface area contributed by atoms with Crippen LogP contribution in [0.1, 0.15) is 23.9 Å². The lowest BCUT2D eigenvalue weighted by Crippen LogP contribution is -2.30. The quantitative estimate of drug-likeness (QED) is 0.855. The molecule has 2 aromatic rings. The lowest BCUT2D eigenvalue weighted by Gasteiger charge is -2.13. The normalized spacial score (nSPS) is 12.9. The fraction of sp³-hybridized carbons (Fsp3) is 0.500. The van der Waals surface area contributed by atoms with Crippen LogP contribution >= 0.6 is 0 Å². The molecule has 0 aromatic carbocycles. The molecule has 0 bridgehead atoms. The van der Waals surface area contributed by atoms with Gasteiger partial charge in [-0.05, 0) is 26.8 Å². The predicted molar refractivity (Wildman–Crippen MR) is 64.5 cm³/mol. The molecule has 92 valence electrons. The number of hydrogen-bond acceptors (Lipinski definition) is 4. The second kappa shape index (κ2) is 5.14. The summed E-state index contributed by atoms with van der Waals surface area (Å²) in [6.07, 6.45) is 3.76. The first-order chi connectivity index (χ1) is 8.16. The predicted octanol–water partition coefficient (Wildman–Crippen LogP) is 1.67. The van der Waals surface area contributed by atoms with Crippen LogP contribution in [0.2, 0.25) is 0 Å². The van der Waals surface area contributed by atoms with Crippen LogP contribution in [0, 0.1) is 13.8 Å². The minimum atomic E-state index is 0.351. The first kappa shape index (κ1) is 11.9. The van der Waals surface area contributed by atoms with E-state index >= 15 is 0 Å². The fourth-order valence-electron chi connectivity index (χ4n) is 1.78. The van der Waals surface area contributed by atoms with E-state index in [0.717, 1.165) is 30.1 Å². The third-order valence-electron chi connectivity index (χ3n) is 2.83. The molecule has 0 spiro atoms. The van der Waals surface area contributed by atoms with Crippen LogP contribution in [-0.4, -0.2) is 21.0 Å². The molecule has 2 aromatic heterocycles. The highest BCUT2D eigenvalue weighted by atomic mass is 16.5. The third-order valence-corrected chi connectivity index (χ3v) is 2.83. The van der Waals surface area contributed by atoms with Crippen molar-refractivity contribution < 1.29 is 4.52 Å². The van der Waals surface area contributed by atoms with E-state index in [-0.39, 0.29) is 0 Å². The smallest absolute Gasteiger partial charge is 0.138 e. The van der Waals surface area contributed by atoms with E-state index in [4.69, 9.17) is 4.52 Å². The molecule has 0 aliphatic rings. The lowest BCUT2D eigenvalue weighted by atomic mass is 10.2. The van der Waals surface area contributed by atoms with E-state index in [1.807, 2.05) is 30.8 Å². The molecule has 0 saturated heterocycles. The van der Waals surface area contributed by atoms with Crippen molar-refractivity contribution in [2.24, 2.45) is 0 Å². The molecule has 0 radical (unpaired) electrons. The minimum absolute atomic E-state index is 0.351. The monoisotopic (exact) mass is 234 g/mol. The van der Waals surface area contributed by atoms with Crippen LogP contribution < -0.4 is 5.32 Å². The van der Waals surface area contributed by atoms with E-state index in [9.17, 15) is 0 Å². The van der Waals surface area contributed by atoms with Crippen molar-refractivity contribution >= 4 is 0 Å². The van der Waals surface area contributed by atoms with Crippen LogP contribution in [0.4, 0.5) is 0 Å². The van der Waals surface area contributed by atoms with Gasteiger partial charge in [-0.15, -0.1) is 0 Å². The van der Waals surface area contributed by atoms with Gasteiger partial charge in [-0.1, -0.05) is 5.16 Å². The van der Waals surface area contributed by atoms with Crippen molar-refractivity contribution in [2.75, 3.05) is 0 Å². The zero-order chi connectivity index (χ0) is 12.3. The fourth-order valence-corrected chi connectivity index (χ4v) is 1.78. The Balaban J connectivity index is 1.86. The van der Waals surface area contributed by atoms with Gasteiger partial charge in [0.15, 0.2) is 0 Å². The van der Waals surface area contributed by atoms with Crippen molar-refractivity contribution in [3.05, 3.63) is 35.5 Å². The Kier molecular flexibility index (Phi) is 3.58. The second-order valence-electron chi connectivity index (χ2n) is 4.31. The molecule has 0 aliphatic carbocycles. The number of nitrogens with zero attached hydrogens (tertiary/aromatic N) is 3. The van der Waals surface area contributed by atoms with Crippen LogP contribution in [0.25, 0.3) is 0 Å². The molecule has 0 saturated carbocycles. The number of hydrogen-bond donors (Lipinski definition) is 1. The summed E-state index contributed by atoms with van der Waals surface area (Å²) in [5, 5.41) is 11.6. The molecule has 2 rings (SSSR count). The molecule has 0 unspecified atom stereocenters. The maximum Gasteiger partial charge on any atom is 0.138 e. The summed E-state index contributed by atoms with van der Waals surface area (Å²) in [5.41, 5.74) is 2.11. The van der Waals surface area contributed by atoms with E-state index in [2.05, 4.69) is 22.5 Å². The summed E-state index contributed by atoms with van der Waals surface area (Å²) in [5.74, 6) is 0.890. The van der Waals surface area contributed by atoms with Crippen LogP contribution in [0.5, 0.6) is 0 Å². The molecule has 0 aliphatic heterocycles. The third kappa shape index (κ3) is 2.94. The highest BCUT2D eigenvalue weighted by Crippen LogP contribution is 2.11. The van der Waals surface area contributed by atoms with Gasteiger partial charge in [-0.25, -0.2) is 0 Å². The maximum atomic E-state index is 5.13. The molecule has 1 N–H and O–H groups in total. The topological polar surface area (TPSA) is 55.9 Å². The van der Waals surface area contributed by atoms with E-state index < -0.39 is 0 Å².